The number of nitrogens with one attached hydrogen (secondary N) is 1. The zero-order valence-electron chi connectivity index (χ0n) is 21.3. The van der Waals surface area contributed by atoms with E-state index in [1.165, 1.54) is 16.8 Å². The number of H-pyrrole nitrogens is 1. The molecule has 2 aromatic carbocycles. The van der Waals surface area contributed by atoms with Crippen LogP contribution in [-0.2, 0) is 13.0 Å². The number of rotatable bonds is 9. The fourth-order valence-electron chi connectivity index (χ4n) is 4.71. The number of unbranched alkanes of at least 4 members (excludes halogenated alkanes) is 1. The van der Waals surface area contributed by atoms with Gasteiger partial charge in [-0.05, 0) is 60.6 Å². The van der Waals surface area contributed by atoms with Crippen molar-refractivity contribution in [3.8, 4) is 22.5 Å². The predicted molar refractivity (Wildman–Crippen MR) is 146 cm³/mol. The summed E-state index contributed by atoms with van der Waals surface area (Å²) in [5.41, 5.74) is 7.74. The number of aliphatic imine (C=N–C) groups is 1. The van der Waals surface area contributed by atoms with Gasteiger partial charge >= 0.3 is 5.76 Å². The van der Waals surface area contributed by atoms with Crippen LogP contribution in [-0.4, -0.2) is 32.4 Å². The first kappa shape index (κ1) is 24.4. The van der Waals surface area contributed by atoms with Gasteiger partial charge in [-0.3, -0.25) is 14.5 Å². The maximum atomic E-state index is 11.5. The largest absolute Gasteiger partial charge is 0.439 e. The summed E-state index contributed by atoms with van der Waals surface area (Å²) in [5, 5.41) is 3.87. The van der Waals surface area contributed by atoms with Crippen LogP contribution in [0.1, 0.15) is 44.4 Å². The average Bonchev–Trinajstić information content (AvgIpc) is 3.36. The molecule has 3 heterocycles. The highest BCUT2D eigenvalue weighted by Crippen LogP contribution is 2.31. The molecule has 0 saturated heterocycles. The van der Waals surface area contributed by atoms with Crippen LogP contribution in [0.15, 0.2) is 98.5 Å². The van der Waals surface area contributed by atoms with Gasteiger partial charge in [0.25, 0.3) is 0 Å². The molecule has 0 saturated carbocycles. The third-order valence-corrected chi connectivity index (χ3v) is 6.70. The molecule has 1 aliphatic rings. The van der Waals surface area contributed by atoms with Gasteiger partial charge in [0.1, 0.15) is 5.84 Å². The fraction of sp³-hybridized carbons (Fsp3) is 0.267. The number of aromatic nitrogens is 3. The quantitative estimate of drug-likeness (QED) is 0.308. The smallest absolute Gasteiger partial charge is 0.350 e. The summed E-state index contributed by atoms with van der Waals surface area (Å²) < 4.78 is 4.72. The lowest BCUT2D eigenvalue weighted by molar-refractivity contribution is 0.388. The van der Waals surface area contributed by atoms with Crippen LogP contribution in [0.3, 0.4) is 0 Å². The molecule has 4 aromatic rings. The zero-order valence-corrected chi connectivity index (χ0v) is 21.3. The first-order valence-electron chi connectivity index (χ1n) is 12.8. The second-order valence-electron chi connectivity index (χ2n) is 9.35. The van der Waals surface area contributed by atoms with Crippen LogP contribution < -0.4 is 5.76 Å². The minimum Gasteiger partial charge on any atom is -0.350 e. The molecule has 7 heteroatoms. The number of allylic oxidation sites excluding steroid dienone is 1. The van der Waals surface area contributed by atoms with E-state index in [0.717, 1.165) is 67.0 Å². The van der Waals surface area contributed by atoms with Crippen molar-refractivity contribution in [1.29, 1.82) is 0 Å². The Morgan fingerprint density at radius 3 is 2.49 bits per heavy atom. The summed E-state index contributed by atoms with van der Waals surface area (Å²) in [6, 6.07) is 22.5. The van der Waals surface area contributed by atoms with Gasteiger partial charge in [0.05, 0.1) is 12.2 Å². The van der Waals surface area contributed by atoms with Crippen LogP contribution in [0.4, 0.5) is 0 Å². The number of hydrogen-bond donors (Lipinski definition) is 1. The monoisotopic (exact) mass is 493 g/mol. The van der Waals surface area contributed by atoms with Crippen molar-refractivity contribution in [2.75, 3.05) is 6.54 Å². The van der Waals surface area contributed by atoms with E-state index >= 15 is 0 Å². The first-order valence-corrected chi connectivity index (χ1v) is 12.8. The minimum absolute atomic E-state index is 0.429. The number of amidine groups is 1. The van der Waals surface area contributed by atoms with E-state index in [9.17, 15) is 4.79 Å². The van der Waals surface area contributed by atoms with E-state index in [1.807, 2.05) is 42.6 Å². The molecule has 0 spiro atoms. The van der Waals surface area contributed by atoms with E-state index in [0.29, 0.717) is 5.82 Å². The molecule has 188 valence electrons. The van der Waals surface area contributed by atoms with Crippen molar-refractivity contribution < 1.29 is 4.52 Å². The minimum atomic E-state index is -0.560. The van der Waals surface area contributed by atoms with Crippen LogP contribution in [0.2, 0.25) is 0 Å². The highest BCUT2D eigenvalue weighted by atomic mass is 16.5. The Balaban J connectivity index is 1.38. The van der Waals surface area contributed by atoms with Crippen LogP contribution in [0.25, 0.3) is 22.5 Å². The van der Waals surface area contributed by atoms with E-state index in [1.54, 1.807) is 0 Å². The highest BCUT2D eigenvalue weighted by Gasteiger charge is 2.20. The Labute approximate surface area is 216 Å². The number of nitrogens with zero attached hydrogens (tertiary/aromatic N) is 4. The molecule has 0 atom stereocenters. The third-order valence-electron chi connectivity index (χ3n) is 6.70. The number of hydrogen-bond acceptors (Lipinski definition) is 6. The lowest BCUT2D eigenvalue weighted by atomic mass is 9.95. The first-order chi connectivity index (χ1) is 18.1. The number of aromatic amines is 1. The molecule has 0 bridgehead atoms. The van der Waals surface area contributed by atoms with Crippen LogP contribution in [0.5, 0.6) is 0 Å². The number of benzene rings is 2. The van der Waals surface area contributed by atoms with Crippen molar-refractivity contribution in [2.45, 2.75) is 46.1 Å². The van der Waals surface area contributed by atoms with Crippen molar-refractivity contribution in [3.63, 3.8) is 0 Å². The van der Waals surface area contributed by atoms with Crippen LogP contribution >= 0.6 is 0 Å². The summed E-state index contributed by atoms with van der Waals surface area (Å²) in [6.45, 7) is 5.92. The average molecular weight is 494 g/mol. The van der Waals surface area contributed by atoms with Crippen molar-refractivity contribution in [2.24, 2.45) is 4.99 Å². The molecular formula is C30H31N5O2. The molecule has 5 rings (SSSR count). The molecular weight excluding hydrogens is 462 g/mol. The molecule has 1 aliphatic heterocycles. The molecule has 7 nitrogen and oxygen atoms in total. The summed E-state index contributed by atoms with van der Waals surface area (Å²) >= 11 is 0. The Hall–Kier alpha value is -4.26. The standard InChI is InChI=1S/C30H31N5O2/c1-3-4-12-28-24(19-35(21(2)32-28)20-25-9-7-8-17-31-25)18-22-13-15-23(16-14-22)26-10-5-6-11-27(26)29-33-30(36)37-34-29/h5-11,13-17H,3-4,12,18-20H2,1-2H3,(H,33,34,36). The van der Waals surface area contributed by atoms with E-state index in [-0.39, 0.29) is 0 Å². The van der Waals surface area contributed by atoms with E-state index < -0.39 is 5.76 Å². The SMILES string of the molecule is CCCCC1=C(Cc2ccc(-c3ccccc3-c3noc(=O)[nH]3)cc2)CN(Cc2ccccn2)C(C)=N1. The van der Waals surface area contributed by atoms with Gasteiger partial charge in [-0.2, -0.15) is 0 Å². The Morgan fingerprint density at radius 2 is 1.78 bits per heavy atom. The molecule has 0 unspecified atom stereocenters. The second-order valence-corrected chi connectivity index (χ2v) is 9.35. The molecule has 37 heavy (non-hydrogen) atoms. The third kappa shape index (κ3) is 5.77. The lowest BCUT2D eigenvalue weighted by Crippen LogP contribution is -2.34. The van der Waals surface area contributed by atoms with Crippen molar-refractivity contribution in [3.05, 3.63) is 106 Å². The van der Waals surface area contributed by atoms with Gasteiger partial charge in [0.15, 0.2) is 5.82 Å². The highest BCUT2D eigenvalue weighted by molar-refractivity contribution is 5.82. The van der Waals surface area contributed by atoms with Gasteiger partial charge in [-0.1, -0.05) is 73.1 Å². The normalized spacial score (nSPS) is 13.7. The Morgan fingerprint density at radius 1 is 1.00 bits per heavy atom. The summed E-state index contributed by atoms with van der Waals surface area (Å²) in [4.78, 5) is 26.0. The topological polar surface area (TPSA) is 87.4 Å². The van der Waals surface area contributed by atoms with E-state index in [4.69, 9.17) is 9.52 Å². The van der Waals surface area contributed by atoms with E-state index in [2.05, 4.69) is 64.2 Å². The zero-order chi connectivity index (χ0) is 25.6. The molecule has 0 fully saturated rings. The Bertz CT molecular complexity index is 1470. The molecule has 1 N–H and O–H groups in total. The maximum absolute atomic E-state index is 11.5. The summed E-state index contributed by atoms with van der Waals surface area (Å²) in [6.07, 6.45) is 5.98. The van der Waals surface area contributed by atoms with Gasteiger partial charge in [-0.15, -0.1) is 0 Å². The lowest BCUT2D eigenvalue weighted by Gasteiger charge is -2.31. The molecule has 0 amide bonds. The van der Waals surface area contributed by atoms with Gasteiger partial charge < -0.3 is 4.90 Å². The van der Waals surface area contributed by atoms with Crippen molar-refractivity contribution in [1.82, 2.24) is 20.0 Å². The van der Waals surface area contributed by atoms with Gasteiger partial charge in [-0.25, -0.2) is 9.79 Å². The fourth-order valence-corrected chi connectivity index (χ4v) is 4.71. The Kier molecular flexibility index (Phi) is 7.40. The maximum Gasteiger partial charge on any atom is 0.439 e. The summed E-state index contributed by atoms with van der Waals surface area (Å²) in [7, 11) is 0. The van der Waals surface area contributed by atoms with Crippen molar-refractivity contribution >= 4 is 5.84 Å². The summed E-state index contributed by atoms with van der Waals surface area (Å²) in [5.74, 6) is 0.923. The number of pyridine rings is 1. The second kappa shape index (κ2) is 11.2. The molecule has 0 aliphatic carbocycles. The van der Waals surface area contributed by atoms with Gasteiger partial charge in [0.2, 0.25) is 0 Å². The predicted octanol–water partition coefficient (Wildman–Crippen LogP) is 6.01. The molecule has 0 radical (unpaired) electrons. The molecule has 2 aromatic heterocycles. The van der Waals surface area contributed by atoms with Gasteiger partial charge in [0, 0.05) is 24.0 Å². The van der Waals surface area contributed by atoms with Crippen LogP contribution in [0, 0.1) is 0 Å².